The van der Waals surface area contributed by atoms with Crippen LogP contribution in [0.4, 0.5) is 10.1 Å². The van der Waals surface area contributed by atoms with Gasteiger partial charge in [-0.3, -0.25) is 28.8 Å². The zero-order chi connectivity index (χ0) is 55.5. The van der Waals surface area contributed by atoms with Gasteiger partial charge in [0.2, 0.25) is 35.6 Å². The number of hydrogen-bond donors (Lipinski definition) is 7. The largest absolute Gasteiger partial charge is 0.468 e. The maximum atomic E-state index is 13.7. The van der Waals surface area contributed by atoms with E-state index in [-0.39, 0.29) is 62.4 Å². The molecule has 6 atom stereocenters. The number of esters is 2. The second-order valence-electron chi connectivity index (χ2n) is 19.9. The van der Waals surface area contributed by atoms with Gasteiger partial charge >= 0.3 is 11.9 Å². The molecule has 7 rings (SSSR count). The molecule has 5 heterocycles. The van der Waals surface area contributed by atoms with Crippen LogP contribution in [-0.2, 0) is 60.9 Å². The molecule has 22 nitrogen and oxygen atoms in total. The maximum Gasteiger partial charge on any atom is 0.352 e. The first-order valence-electron chi connectivity index (χ1n) is 25.4. The molecule has 7 N–H and O–H groups in total. The van der Waals surface area contributed by atoms with Crippen LogP contribution >= 0.6 is 12.2 Å². The standard InChI is InChI=1S/C53H64FN9O13S/c1-28(2)17-38(60-49(69)39-11-8-16-62(39)53(77)58-33-12-14-34(15-13-33)75-27-73-25-30(5)18-41(54)64)48(68)57-22-43(66)55-21-42(65)56-23-44(67)61-45(29(3)4)51(71)76-47-35-20-40-46-32(19-31-9-6-7-10-37(31)59-46)24-63(40)50(70)36(35)26-74-52(47)72/h6-7,9-10,12-15,19-20,28-30,38-39,41,45,47,64H,8,11,16-18,21-27H2,1-5H3,(H,55,66)(H,56,65)(H,57,68)(H,58,77)(H,60,69)(H,61,67)/t30-,38-,39?,41?,45?,47?/m0/s1. The van der Waals surface area contributed by atoms with Gasteiger partial charge in [-0.2, -0.15) is 0 Å². The minimum absolute atomic E-state index is 0.0255. The van der Waals surface area contributed by atoms with E-state index in [0.29, 0.717) is 52.8 Å². The number of aliphatic hydroxyl groups excluding tert-OH is 1. The first-order chi connectivity index (χ1) is 36.8. The minimum Gasteiger partial charge on any atom is -0.468 e. The molecule has 412 valence electrons. The smallest absolute Gasteiger partial charge is 0.352 e. The average molecular weight is 1090 g/mol. The lowest BCUT2D eigenvalue weighted by Crippen LogP contribution is -2.55. The number of hydrogen-bond acceptors (Lipinski definition) is 15. The first-order valence-corrected chi connectivity index (χ1v) is 25.8. The quantitative estimate of drug-likeness (QED) is 0.0214. The number of thiocarbonyl (C=S) groups is 1. The van der Waals surface area contributed by atoms with Crippen LogP contribution in [0.15, 0.2) is 65.5 Å². The molecule has 0 spiro atoms. The molecule has 1 saturated heterocycles. The zero-order valence-corrected chi connectivity index (χ0v) is 44.2. The highest BCUT2D eigenvalue weighted by Gasteiger charge is 2.40. The summed E-state index contributed by atoms with van der Waals surface area (Å²) in [6.45, 7) is 7.63. The number of anilines is 1. The number of nitrogens with one attached hydrogen (secondary N) is 6. The van der Waals surface area contributed by atoms with Gasteiger partial charge in [0.15, 0.2) is 18.3 Å². The summed E-state index contributed by atoms with van der Waals surface area (Å²) in [5.41, 5.74) is 3.06. The number of rotatable bonds is 23. The summed E-state index contributed by atoms with van der Waals surface area (Å²) in [6, 6.07) is 15.0. The summed E-state index contributed by atoms with van der Waals surface area (Å²) >= 11 is 5.67. The molecule has 0 aliphatic carbocycles. The lowest BCUT2D eigenvalue weighted by atomic mass is 9.99. The number of benzene rings is 2. The number of halogens is 1. The molecule has 24 heteroatoms. The van der Waals surface area contributed by atoms with Crippen molar-refractivity contribution in [2.45, 2.75) is 104 Å². The summed E-state index contributed by atoms with van der Waals surface area (Å²) in [6.07, 6.45) is -2.16. The fraction of sp³-hybridized carbons (Fsp3) is 0.472. The Kier molecular flexibility index (Phi) is 19.3. The molecular weight excluding hydrogens is 1020 g/mol. The highest BCUT2D eigenvalue weighted by atomic mass is 32.1. The number of likely N-dealkylation sites (tertiary alicyclic amines) is 1. The van der Waals surface area contributed by atoms with Crippen LogP contribution < -0.4 is 42.2 Å². The molecule has 1 fully saturated rings. The van der Waals surface area contributed by atoms with Gasteiger partial charge in [-0.1, -0.05) is 52.8 Å². The SMILES string of the molecule is CC(C)C[C@H](NC(=O)C1CCCN1C(=S)Nc1ccc(OCOC[C@@H](C)CC(O)F)cc1)C(=O)NCC(=O)NCC(=O)NCC(=O)NC(C(=O)OC1C(=O)OCc2c1cc1n(c2=O)Cc2cc3ccccc3nc2-1)C(C)C. The monoisotopic (exact) mass is 1090 g/mol. The van der Waals surface area contributed by atoms with E-state index < -0.39 is 103 Å². The van der Waals surface area contributed by atoms with Gasteiger partial charge in [0.25, 0.3) is 5.56 Å². The van der Waals surface area contributed by atoms with Gasteiger partial charge < -0.3 is 65.4 Å². The molecule has 0 bridgehead atoms. The topological polar surface area (TPSA) is 287 Å². The van der Waals surface area contributed by atoms with Crippen LogP contribution in [0.25, 0.3) is 22.3 Å². The Morgan fingerprint density at radius 1 is 0.896 bits per heavy atom. The van der Waals surface area contributed by atoms with E-state index in [1.807, 2.05) is 44.2 Å². The number of carbonyl (C=O) groups is 7. The van der Waals surface area contributed by atoms with Gasteiger partial charge in [0, 0.05) is 35.2 Å². The Labute approximate surface area is 448 Å². The van der Waals surface area contributed by atoms with E-state index >= 15 is 0 Å². The highest BCUT2D eigenvalue weighted by molar-refractivity contribution is 7.80. The predicted octanol–water partition coefficient (Wildman–Crippen LogP) is 2.62. The third-order valence-corrected chi connectivity index (χ3v) is 13.4. The molecule has 77 heavy (non-hydrogen) atoms. The Morgan fingerprint density at radius 2 is 1.60 bits per heavy atom. The van der Waals surface area contributed by atoms with Crippen LogP contribution in [0.1, 0.15) is 83.1 Å². The van der Waals surface area contributed by atoms with E-state index in [0.717, 1.165) is 10.9 Å². The van der Waals surface area contributed by atoms with Crippen molar-refractivity contribution in [1.82, 2.24) is 41.0 Å². The van der Waals surface area contributed by atoms with Gasteiger partial charge in [-0.05, 0) is 91.7 Å². The minimum atomic E-state index is -1.90. The van der Waals surface area contributed by atoms with Crippen LogP contribution in [0.2, 0.25) is 0 Å². The normalized spacial score (nSPS) is 16.9. The molecular formula is C53H64FN9O13S. The lowest BCUT2D eigenvalue weighted by molar-refractivity contribution is -0.173. The van der Waals surface area contributed by atoms with Crippen molar-refractivity contribution >= 4 is 75.4 Å². The number of fused-ring (bicyclic) bond motifs is 5. The van der Waals surface area contributed by atoms with Gasteiger partial charge in [-0.25, -0.2) is 19.0 Å². The Morgan fingerprint density at radius 3 is 2.30 bits per heavy atom. The van der Waals surface area contributed by atoms with Crippen molar-refractivity contribution in [3.05, 3.63) is 87.7 Å². The summed E-state index contributed by atoms with van der Waals surface area (Å²) in [7, 11) is 0. The van der Waals surface area contributed by atoms with Crippen LogP contribution in [-0.4, -0.2) is 130 Å². The third-order valence-electron chi connectivity index (χ3n) is 13.0. The second-order valence-corrected chi connectivity index (χ2v) is 20.3. The van der Waals surface area contributed by atoms with Gasteiger partial charge in [0.1, 0.15) is 30.5 Å². The number of cyclic esters (lactones) is 1. The van der Waals surface area contributed by atoms with E-state index in [1.165, 1.54) is 4.57 Å². The average Bonchev–Trinajstić information content (AvgIpc) is 4.13. The maximum absolute atomic E-state index is 13.7. The number of pyridine rings is 2. The molecule has 2 aromatic heterocycles. The number of carbonyl (C=O) groups excluding carboxylic acids is 7. The molecule has 0 radical (unpaired) electrons. The van der Waals surface area contributed by atoms with E-state index in [1.54, 1.807) is 56.0 Å². The Balaban J connectivity index is 0.838. The van der Waals surface area contributed by atoms with E-state index in [2.05, 4.69) is 31.9 Å². The van der Waals surface area contributed by atoms with Crippen LogP contribution in [0.3, 0.4) is 0 Å². The summed E-state index contributed by atoms with van der Waals surface area (Å²) < 4.78 is 36.2. The van der Waals surface area contributed by atoms with E-state index in [4.69, 9.17) is 41.3 Å². The first kappa shape index (κ1) is 57.1. The number of aromatic nitrogens is 2. The van der Waals surface area contributed by atoms with Crippen LogP contribution in [0.5, 0.6) is 5.75 Å². The van der Waals surface area contributed by atoms with Crippen molar-refractivity contribution in [2.75, 3.05) is 44.9 Å². The number of para-hydroxylation sites is 1. The highest BCUT2D eigenvalue weighted by Crippen LogP contribution is 2.36. The number of aliphatic hydroxyl groups is 1. The number of ether oxygens (including phenoxy) is 4. The van der Waals surface area contributed by atoms with Gasteiger partial charge in [-0.15, -0.1) is 0 Å². The van der Waals surface area contributed by atoms with Crippen molar-refractivity contribution < 1.29 is 62.0 Å². The molecule has 0 saturated carbocycles. The molecule has 3 aliphatic rings. The van der Waals surface area contributed by atoms with Gasteiger partial charge in [0.05, 0.1) is 55.3 Å². The lowest BCUT2D eigenvalue weighted by Gasteiger charge is -2.29. The van der Waals surface area contributed by atoms with Crippen molar-refractivity contribution in [3.63, 3.8) is 0 Å². The van der Waals surface area contributed by atoms with Crippen molar-refractivity contribution in [1.29, 1.82) is 0 Å². The van der Waals surface area contributed by atoms with Crippen LogP contribution in [0, 0.1) is 17.8 Å². The zero-order valence-electron chi connectivity index (χ0n) is 43.4. The third kappa shape index (κ3) is 14.9. The number of alkyl halides is 1. The molecule has 4 unspecified atom stereocenters. The molecule has 4 aromatic rings. The molecule has 2 aromatic carbocycles. The summed E-state index contributed by atoms with van der Waals surface area (Å²) in [4.78, 5) is 113. The fourth-order valence-corrected chi connectivity index (χ4v) is 9.43. The van der Waals surface area contributed by atoms with Crippen molar-refractivity contribution in [2.24, 2.45) is 17.8 Å². The van der Waals surface area contributed by atoms with Crippen molar-refractivity contribution in [3.8, 4) is 17.1 Å². The Bertz CT molecular complexity index is 2940. The fourth-order valence-electron chi connectivity index (χ4n) is 9.10. The molecule has 3 aliphatic heterocycles. The second kappa shape index (κ2) is 26.0. The summed E-state index contributed by atoms with van der Waals surface area (Å²) in [5, 5.41) is 25.8. The Hall–Kier alpha value is -7.57. The summed E-state index contributed by atoms with van der Waals surface area (Å²) in [5.74, 6) is -5.47. The number of amides is 5. The number of nitrogens with zero attached hydrogens (tertiary/aromatic N) is 3. The predicted molar refractivity (Wildman–Crippen MR) is 281 cm³/mol. The molecule has 5 amide bonds. The van der Waals surface area contributed by atoms with E-state index in [9.17, 15) is 42.7 Å².